The van der Waals surface area contributed by atoms with Gasteiger partial charge in [-0.15, -0.1) is 0 Å². The number of alkyl carbamates (subject to hydrolysis) is 1. The number of esters is 1. The summed E-state index contributed by atoms with van der Waals surface area (Å²) in [4.78, 5) is 36.0. The summed E-state index contributed by atoms with van der Waals surface area (Å²) >= 11 is 0. The van der Waals surface area contributed by atoms with Crippen LogP contribution in [-0.4, -0.2) is 30.1 Å². The van der Waals surface area contributed by atoms with Crippen molar-refractivity contribution in [1.82, 2.24) is 10.6 Å². The second-order valence-electron chi connectivity index (χ2n) is 6.25. The van der Waals surface area contributed by atoms with E-state index in [4.69, 9.17) is 9.47 Å². The van der Waals surface area contributed by atoms with E-state index in [9.17, 15) is 14.4 Å². The Morgan fingerprint density at radius 2 is 1.25 bits per heavy atom. The molecule has 0 spiro atoms. The van der Waals surface area contributed by atoms with Crippen molar-refractivity contribution in [3.63, 3.8) is 0 Å². The Morgan fingerprint density at radius 1 is 0.750 bits per heavy atom. The molecule has 0 bridgehead atoms. The monoisotopic (exact) mass is 384 g/mol. The molecule has 7 heteroatoms. The van der Waals surface area contributed by atoms with Crippen LogP contribution in [0.3, 0.4) is 0 Å². The number of nitrogens with one attached hydrogen (secondary N) is 2. The van der Waals surface area contributed by atoms with Crippen molar-refractivity contribution in [3.8, 4) is 0 Å². The molecule has 2 amide bonds. The van der Waals surface area contributed by atoms with Crippen molar-refractivity contribution in [3.05, 3.63) is 71.8 Å². The summed E-state index contributed by atoms with van der Waals surface area (Å²) < 4.78 is 10.2. The van der Waals surface area contributed by atoms with E-state index < -0.39 is 30.1 Å². The third-order valence-corrected chi connectivity index (χ3v) is 3.88. The fraction of sp³-hybridized carbons (Fsp3) is 0.286. The summed E-state index contributed by atoms with van der Waals surface area (Å²) in [5.74, 6) is -1.07. The van der Waals surface area contributed by atoms with E-state index in [1.165, 1.54) is 13.8 Å². The van der Waals surface area contributed by atoms with Crippen molar-refractivity contribution in [2.75, 3.05) is 0 Å². The molecule has 7 nitrogen and oxygen atoms in total. The van der Waals surface area contributed by atoms with Gasteiger partial charge in [-0.1, -0.05) is 60.7 Å². The standard InChI is InChI=1S/C21H24N2O5/c1-15(23-21(26)28-14-18-11-7-4-8-12-18)19(24)22-16(2)20(25)27-13-17-9-5-3-6-10-17/h3-12,15-16H,13-14H2,1-2H3,(H,22,24)(H,23,26)/t15-,16+/m0/s1. The van der Waals surface area contributed by atoms with Crippen LogP contribution in [0.2, 0.25) is 0 Å². The molecule has 2 aromatic carbocycles. The number of carbonyl (C=O) groups is 3. The molecule has 0 aliphatic rings. The molecule has 0 aromatic heterocycles. The number of rotatable bonds is 8. The molecule has 2 N–H and O–H groups in total. The Morgan fingerprint density at radius 3 is 1.79 bits per heavy atom. The van der Waals surface area contributed by atoms with E-state index in [1.807, 2.05) is 60.7 Å². The van der Waals surface area contributed by atoms with E-state index in [0.29, 0.717) is 0 Å². The van der Waals surface area contributed by atoms with Gasteiger partial charge in [-0.25, -0.2) is 9.59 Å². The van der Waals surface area contributed by atoms with Crippen molar-refractivity contribution in [2.24, 2.45) is 0 Å². The predicted molar refractivity (Wildman–Crippen MR) is 103 cm³/mol. The number of hydrogen-bond donors (Lipinski definition) is 2. The van der Waals surface area contributed by atoms with Gasteiger partial charge in [-0.3, -0.25) is 4.79 Å². The van der Waals surface area contributed by atoms with Gasteiger partial charge in [0.05, 0.1) is 0 Å². The summed E-state index contributed by atoms with van der Waals surface area (Å²) in [5.41, 5.74) is 1.69. The normalized spacial score (nSPS) is 12.4. The quantitative estimate of drug-likeness (QED) is 0.682. The first-order valence-corrected chi connectivity index (χ1v) is 8.94. The minimum absolute atomic E-state index is 0.100. The SMILES string of the molecule is C[C@H](NC(=O)OCc1ccccc1)C(=O)N[C@H](C)C(=O)OCc1ccccc1. The van der Waals surface area contributed by atoms with E-state index in [-0.39, 0.29) is 13.2 Å². The molecule has 0 aliphatic heterocycles. The van der Waals surface area contributed by atoms with Gasteiger partial charge in [-0.05, 0) is 25.0 Å². The van der Waals surface area contributed by atoms with Gasteiger partial charge in [0.1, 0.15) is 25.3 Å². The first-order chi connectivity index (χ1) is 13.5. The van der Waals surface area contributed by atoms with E-state index in [0.717, 1.165) is 11.1 Å². The topological polar surface area (TPSA) is 93.7 Å². The summed E-state index contributed by atoms with van der Waals surface area (Å²) in [6.45, 7) is 3.25. The Balaban J connectivity index is 1.71. The highest BCUT2D eigenvalue weighted by atomic mass is 16.5. The van der Waals surface area contributed by atoms with Gasteiger partial charge in [0.2, 0.25) is 5.91 Å². The molecule has 2 rings (SSSR count). The first-order valence-electron chi connectivity index (χ1n) is 8.94. The lowest BCUT2D eigenvalue weighted by Crippen LogP contribution is -2.49. The zero-order chi connectivity index (χ0) is 20.4. The van der Waals surface area contributed by atoms with Crippen molar-refractivity contribution < 1.29 is 23.9 Å². The van der Waals surface area contributed by atoms with Crippen LogP contribution in [-0.2, 0) is 32.3 Å². The van der Waals surface area contributed by atoms with Crippen LogP contribution in [0.4, 0.5) is 4.79 Å². The summed E-state index contributed by atoms with van der Waals surface area (Å²) in [7, 11) is 0. The first kappa shape index (κ1) is 21.0. The van der Waals surface area contributed by atoms with Crippen LogP contribution in [0.1, 0.15) is 25.0 Å². The second-order valence-corrected chi connectivity index (χ2v) is 6.25. The van der Waals surface area contributed by atoms with Gasteiger partial charge in [-0.2, -0.15) is 0 Å². The van der Waals surface area contributed by atoms with Crippen LogP contribution in [0.25, 0.3) is 0 Å². The second kappa shape index (κ2) is 10.7. The highest BCUT2D eigenvalue weighted by Crippen LogP contribution is 2.03. The highest BCUT2D eigenvalue weighted by Gasteiger charge is 2.22. The third-order valence-electron chi connectivity index (χ3n) is 3.88. The molecule has 148 valence electrons. The molecule has 0 radical (unpaired) electrons. The Hall–Kier alpha value is -3.35. The van der Waals surface area contributed by atoms with Crippen molar-refractivity contribution in [1.29, 1.82) is 0 Å². The smallest absolute Gasteiger partial charge is 0.408 e. The number of amides is 2. The summed E-state index contributed by atoms with van der Waals surface area (Å²) in [5, 5.41) is 4.94. The predicted octanol–water partition coefficient (Wildman–Crippen LogP) is 2.55. The maximum Gasteiger partial charge on any atom is 0.408 e. The Bertz CT molecular complexity index is 780. The van der Waals surface area contributed by atoms with Crippen LogP contribution in [0, 0.1) is 0 Å². The number of benzene rings is 2. The number of carbonyl (C=O) groups excluding carboxylic acids is 3. The molecule has 2 aromatic rings. The fourth-order valence-corrected chi connectivity index (χ4v) is 2.26. The van der Waals surface area contributed by atoms with Crippen molar-refractivity contribution >= 4 is 18.0 Å². The molecule has 28 heavy (non-hydrogen) atoms. The molecule has 2 atom stereocenters. The molecule has 0 saturated carbocycles. The zero-order valence-corrected chi connectivity index (χ0v) is 15.9. The van der Waals surface area contributed by atoms with Gasteiger partial charge >= 0.3 is 12.1 Å². The van der Waals surface area contributed by atoms with E-state index >= 15 is 0 Å². The maximum absolute atomic E-state index is 12.2. The lowest BCUT2D eigenvalue weighted by atomic mass is 10.2. The minimum Gasteiger partial charge on any atom is -0.459 e. The molecule has 0 unspecified atom stereocenters. The van der Waals surface area contributed by atoms with Gasteiger partial charge < -0.3 is 20.1 Å². The lowest BCUT2D eigenvalue weighted by molar-refractivity contribution is -0.148. The zero-order valence-electron chi connectivity index (χ0n) is 15.9. The molecular formula is C21H24N2O5. The Labute approximate surface area is 164 Å². The number of ether oxygens (including phenoxy) is 2. The average molecular weight is 384 g/mol. The van der Waals surface area contributed by atoms with Gasteiger partial charge in [0.15, 0.2) is 0 Å². The lowest BCUT2D eigenvalue weighted by Gasteiger charge is -2.17. The van der Waals surface area contributed by atoms with Crippen LogP contribution in [0.15, 0.2) is 60.7 Å². The highest BCUT2D eigenvalue weighted by molar-refractivity contribution is 5.89. The molecule has 0 saturated heterocycles. The summed E-state index contributed by atoms with van der Waals surface area (Å²) in [6, 6.07) is 16.7. The van der Waals surface area contributed by atoms with E-state index in [2.05, 4.69) is 10.6 Å². The van der Waals surface area contributed by atoms with E-state index in [1.54, 1.807) is 0 Å². The minimum atomic E-state index is -0.868. The average Bonchev–Trinajstić information content (AvgIpc) is 2.71. The number of hydrogen-bond acceptors (Lipinski definition) is 5. The molecule has 0 aliphatic carbocycles. The molecule has 0 heterocycles. The van der Waals surface area contributed by atoms with Crippen LogP contribution < -0.4 is 10.6 Å². The van der Waals surface area contributed by atoms with Crippen LogP contribution in [0.5, 0.6) is 0 Å². The molecular weight excluding hydrogens is 360 g/mol. The van der Waals surface area contributed by atoms with Crippen molar-refractivity contribution in [2.45, 2.75) is 39.1 Å². The fourth-order valence-electron chi connectivity index (χ4n) is 2.26. The summed E-state index contributed by atoms with van der Waals surface area (Å²) in [6.07, 6.45) is -0.717. The van der Waals surface area contributed by atoms with Gasteiger partial charge in [0, 0.05) is 0 Å². The largest absolute Gasteiger partial charge is 0.459 e. The van der Waals surface area contributed by atoms with Gasteiger partial charge in [0.25, 0.3) is 0 Å². The van der Waals surface area contributed by atoms with Crippen LogP contribution >= 0.6 is 0 Å². The molecule has 0 fully saturated rings. The Kier molecular flexibility index (Phi) is 8.02. The third kappa shape index (κ3) is 7.11. The maximum atomic E-state index is 12.2.